The zero-order valence-corrected chi connectivity index (χ0v) is 17.6. The first-order valence-electron chi connectivity index (χ1n) is 8.77. The molecule has 14 nitrogen and oxygen atoms in total. The minimum absolute atomic E-state index is 0.0945. The van der Waals surface area contributed by atoms with Crippen molar-refractivity contribution in [3.8, 4) is 0 Å². The van der Waals surface area contributed by atoms with Crippen LogP contribution < -0.4 is 5.56 Å². The third-order valence-corrected chi connectivity index (χ3v) is 8.02. The molecule has 16 heteroatoms. The summed E-state index contributed by atoms with van der Waals surface area (Å²) < 4.78 is 47.1. The van der Waals surface area contributed by atoms with Gasteiger partial charge in [-0.05, 0) is 13.8 Å². The second-order valence-corrected chi connectivity index (χ2v) is 11.4. The topological polar surface area (TPSA) is 195 Å². The van der Waals surface area contributed by atoms with E-state index < -0.39 is 63.6 Å². The largest absolute Gasteiger partial charge is 0.347 e. The number of hydrogen-bond acceptors (Lipinski definition) is 9. The highest BCUT2D eigenvalue weighted by molar-refractivity contribution is 7.70. The lowest BCUT2D eigenvalue weighted by Gasteiger charge is -2.25. The molecule has 30 heavy (non-hydrogen) atoms. The van der Waals surface area contributed by atoms with Crippen molar-refractivity contribution < 1.29 is 42.5 Å². The predicted octanol–water partition coefficient (Wildman–Crippen LogP) is -0.126. The van der Waals surface area contributed by atoms with Crippen molar-refractivity contribution in [2.24, 2.45) is 0 Å². The lowest BCUT2D eigenvalue weighted by Crippen LogP contribution is -2.32. The van der Waals surface area contributed by atoms with E-state index in [9.17, 15) is 18.8 Å². The van der Waals surface area contributed by atoms with Crippen molar-refractivity contribution in [2.45, 2.75) is 44.2 Å². The number of hydrogen-bond donors (Lipinski definition) is 4. The van der Waals surface area contributed by atoms with Crippen molar-refractivity contribution in [3.05, 3.63) is 23.0 Å². The molecule has 4 N–H and O–H groups in total. The normalized spacial score (nSPS) is 30.4. The molecular weight excluding hydrogens is 446 g/mol. The Morgan fingerprint density at radius 3 is 2.63 bits per heavy atom. The van der Waals surface area contributed by atoms with Crippen molar-refractivity contribution in [2.75, 3.05) is 12.5 Å². The molecule has 2 aromatic rings. The highest BCUT2D eigenvalue weighted by Gasteiger charge is 2.56. The molecule has 166 valence electrons. The van der Waals surface area contributed by atoms with Crippen LogP contribution in [0.5, 0.6) is 0 Å². The van der Waals surface area contributed by atoms with Gasteiger partial charge in [-0.3, -0.25) is 18.5 Å². The van der Waals surface area contributed by atoms with E-state index in [-0.39, 0.29) is 11.2 Å². The maximum Gasteiger partial charge on any atom is 0.340 e. The SMILES string of the molecule is CC1(C)O[C@@H]2[C@H](O1)[C@@H](COP(=O)(O)CP(=O)(O)O)O[C@H]2n1cnc2c(=O)[nH]cnc21. The molecule has 4 rings (SSSR count). The second kappa shape index (κ2) is 7.30. The molecule has 2 aliphatic heterocycles. The van der Waals surface area contributed by atoms with Gasteiger partial charge in [0.25, 0.3) is 5.56 Å². The summed E-state index contributed by atoms with van der Waals surface area (Å²) in [5, 5.41) is 0. The number of aromatic amines is 1. The Hall–Kier alpha value is -1.47. The van der Waals surface area contributed by atoms with Gasteiger partial charge in [-0.1, -0.05) is 0 Å². The maximum atomic E-state index is 12.0. The summed E-state index contributed by atoms with van der Waals surface area (Å²) in [5.41, 5.74) is -0.0977. The lowest BCUT2D eigenvalue weighted by molar-refractivity contribution is -0.199. The van der Waals surface area contributed by atoms with E-state index >= 15 is 0 Å². The molecular formula is C14H20N4O10P2. The highest BCUT2D eigenvalue weighted by Crippen LogP contribution is 2.56. The molecule has 4 heterocycles. The fourth-order valence-electron chi connectivity index (χ4n) is 3.53. The zero-order valence-electron chi connectivity index (χ0n) is 15.8. The Labute approximate surface area is 168 Å². The third-order valence-electron chi connectivity index (χ3n) is 4.57. The molecule has 0 aromatic carbocycles. The van der Waals surface area contributed by atoms with Crippen molar-refractivity contribution in [1.29, 1.82) is 0 Å². The second-order valence-electron chi connectivity index (χ2n) is 7.42. The van der Waals surface area contributed by atoms with Gasteiger partial charge in [-0.25, -0.2) is 9.97 Å². The van der Waals surface area contributed by atoms with Crippen molar-refractivity contribution in [3.63, 3.8) is 0 Å². The van der Waals surface area contributed by atoms with Gasteiger partial charge in [0.15, 0.2) is 29.1 Å². The summed E-state index contributed by atoms with van der Waals surface area (Å²) in [6, 6.07) is 0. The van der Waals surface area contributed by atoms with Crippen LogP contribution in [0.25, 0.3) is 11.2 Å². The molecule has 2 fully saturated rings. The lowest BCUT2D eigenvalue weighted by atomic mass is 10.1. The fraction of sp³-hybridized carbons (Fsp3) is 0.643. The van der Waals surface area contributed by atoms with Gasteiger partial charge < -0.3 is 38.4 Å². The summed E-state index contributed by atoms with van der Waals surface area (Å²) in [7, 11) is -9.34. The molecule has 0 saturated carbocycles. The first kappa shape index (κ1) is 21.8. The summed E-state index contributed by atoms with van der Waals surface area (Å²) in [6.45, 7) is 2.88. The summed E-state index contributed by atoms with van der Waals surface area (Å²) in [6.07, 6.45) is -0.581. The Morgan fingerprint density at radius 2 is 1.93 bits per heavy atom. The summed E-state index contributed by atoms with van der Waals surface area (Å²) in [4.78, 5) is 50.1. The summed E-state index contributed by atoms with van der Waals surface area (Å²) >= 11 is 0. The van der Waals surface area contributed by atoms with E-state index in [4.69, 9.17) is 28.5 Å². The molecule has 1 unspecified atom stereocenters. The average molecular weight is 466 g/mol. The third kappa shape index (κ3) is 4.28. The quantitative estimate of drug-likeness (QED) is 0.413. The molecule has 2 saturated heterocycles. The highest BCUT2D eigenvalue weighted by atomic mass is 31.2. The van der Waals surface area contributed by atoms with Crippen LogP contribution in [0.15, 0.2) is 17.4 Å². The van der Waals surface area contributed by atoms with Crippen LogP contribution in [0.4, 0.5) is 0 Å². The van der Waals surface area contributed by atoms with E-state index in [0.29, 0.717) is 0 Å². The molecule has 0 bridgehead atoms. The van der Waals surface area contributed by atoms with Gasteiger partial charge in [-0.2, -0.15) is 0 Å². The van der Waals surface area contributed by atoms with Gasteiger partial charge >= 0.3 is 15.2 Å². The number of ether oxygens (including phenoxy) is 3. The molecule has 5 atom stereocenters. The van der Waals surface area contributed by atoms with Crippen molar-refractivity contribution >= 4 is 26.4 Å². The van der Waals surface area contributed by atoms with E-state index in [2.05, 4.69) is 15.0 Å². The molecule has 0 spiro atoms. The molecule has 2 aromatic heterocycles. The molecule has 0 aliphatic carbocycles. The van der Waals surface area contributed by atoms with Crippen LogP contribution in [-0.2, 0) is 27.9 Å². The van der Waals surface area contributed by atoms with Crippen LogP contribution in [0.2, 0.25) is 0 Å². The van der Waals surface area contributed by atoms with Crippen LogP contribution in [-0.4, -0.2) is 70.8 Å². The zero-order chi connectivity index (χ0) is 21.9. The van der Waals surface area contributed by atoms with E-state index in [1.807, 2.05) is 0 Å². The molecule has 0 radical (unpaired) electrons. The van der Waals surface area contributed by atoms with Crippen LogP contribution >= 0.6 is 15.2 Å². The first-order valence-corrected chi connectivity index (χ1v) is 12.3. The number of H-pyrrole nitrogens is 1. The van der Waals surface area contributed by atoms with Gasteiger partial charge in [0, 0.05) is 0 Å². The van der Waals surface area contributed by atoms with Crippen molar-refractivity contribution in [1.82, 2.24) is 19.5 Å². The smallest absolute Gasteiger partial charge is 0.340 e. The Morgan fingerprint density at radius 1 is 1.23 bits per heavy atom. The van der Waals surface area contributed by atoms with Gasteiger partial charge in [0.1, 0.15) is 18.3 Å². The maximum absolute atomic E-state index is 12.0. The molecule has 2 aliphatic rings. The van der Waals surface area contributed by atoms with Crippen LogP contribution in [0, 0.1) is 0 Å². The fourth-order valence-corrected chi connectivity index (χ4v) is 6.10. The monoisotopic (exact) mass is 466 g/mol. The average Bonchev–Trinajstić information content (AvgIpc) is 3.22. The van der Waals surface area contributed by atoms with E-state index in [1.165, 1.54) is 17.2 Å². The Bertz CT molecular complexity index is 1110. The molecule has 0 amide bonds. The minimum atomic E-state index is -4.76. The Kier molecular flexibility index (Phi) is 5.29. The predicted molar refractivity (Wildman–Crippen MR) is 98.6 cm³/mol. The van der Waals surface area contributed by atoms with Gasteiger partial charge in [-0.15, -0.1) is 0 Å². The van der Waals surface area contributed by atoms with Gasteiger partial charge in [0.2, 0.25) is 0 Å². The first-order chi connectivity index (χ1) is 13.9. The van der Waals surface area contributed by atoms with Gasteiger partial charge in [0.05, 0.1) is 19.3 Å². The number of imidazole rings is 1. The van der Waals surface area contributed by atoms with Crippen LogP contribution in [0.3, 0.4) is 0 Å². The number of nitrogens with one attached hydrogen (secondary N) is 1. The number of fused-ring (bicyclic) bond motifs is 2. The van der Waals surface area contributed by atoms with E-state index in [1.54, 1.807) is 13.8 Å². The van der Waals surface area contributed by atoms with E-state index in [0.717, 1.165) is 0 Å². The Balaban J connectivity index is 1.60. The van der Waals surface area contributed by atoms with Crippen LogP contribution in [0.1, 0.15) is 20.1 Å². The minimum Gasteiger partial charge on any atom is -0.347 e. The number of aromatic nitrogens is 4. The number of nitrogens with zero attached hydrogens (tertiary/aromatic N) is 3. The summed E-state index contributed by atoms with van der Waals surface area (Å²) in [5.74, 6) is -2.31. The standard InChI is InChI=1S/C14H20N4O10P2/c1-14(2)27-9-7(3-25-30(23,24)6-29(20,21)22)26-13(10(9)28-14)18-5-17-8-11(18)15-4-16-12(8)19/h4-5,7,9-10,13H,3,6H2,1-2H3,(H,23,24)(H,15,16,19)(H2,20,21,22)/t7-,9-,10-,13-/m1/s1. The number of rotatable bonds is 6.